The van der Waals surface area contributed by atoms with Crippen LogP contribution in [-0.4, -0.2) is 40.9 Å². The van der Waals surface area contributed by atoms with Crippen LogP contribution in [0, 0.1) is 6.92 Å². The fourth-order valence-corrected chi connectivity index (χ4v) is 2.58. The molecule has 1 aromatic carbocycles. The second-order valence-corrected chi connectivity index (χ2v) is 6.91. The van der Waals surface area contributed by atoms with E-state index in [2.05, 4.69) is 5.32 Å². The highest BCUT2D eigenvalue weighted by Gasteiger charge is 2.50. The first-order chi connectivity index (χ1) is 10.6. The van der Waals surface area contributed by atoms with E-state index in [4.69, 9.17) is 4.74 Å². The SMILES string of the molecule is Cc1ccc(N2C(=O)[C@@H](O)[C@H]2[C@H](C)NC(=O)OC(C)(C)C)cc1. The van der Waals surface area contributed by atoms with Gasteiger partial charge in [-0.15, -0.1) is 0 Å². The Labute approximate surface area is 136 Å². The molecule has 0 spiro atoms. The standard InChI is InChI=1S/C17H24N2O4/c1-10-6-8-12(9-7-10)19-13(14(20)15(19)21)11(2)18-16(22)23-17(3,4)5/h6-9,11,13-14,20H,1-5H3,(H,18,22)/t11-,13+,14-/m0/s1. The molecule has 126 valence electrons. The van der Waals surface area contributed by atoms with E-state index in [0.717, 1.165) is 5.56 Å². The number of carbonyl (C=O) groups is 2. The van der Waals surface area contributed by atoms with E-state index in [-0.39, 0.29) is 5.91 Å². The van der Waals surface area contributed by atoms with Gasteiger partial charge in [-0.05, 0) is 46.8 Å². The van der Waals surface area contributed by atoms with Crippen LogP contribution in [0.15, 0.2) is 24.3 Å². The predicted octanol–water partition coefficient (Wildman–Crippen LogP) is 1.98. The monoisotopic (exact) mass is 320 g/mol. The molecule has 1 aliphatic heterocycles. The normalized spacial score (nSPS) is 22.3. The van der Waals surface area contributed by atoms with Crippen molar-refractivity contribution < 1.29 is 19.4 Å². The van der Waals surface area contributed by atoms with Gasteiger partial charge in [-0.1, -0.05) is 17.7 Å². The lowest BCUT2D eigenvalue weighted by Gasteiger charge is -2.47. The molecule has 2 rings (SSSR count). The first-order valence-electron chi connectivity index (χ1n) is 7.67. The van der Waals surface area contributed by atoms with Crippen molar-refractivity contribution >= 4 is 17.7 Å². The zero-order valence-electron chi connectivity index (χ0n) is 14.2. The fraction of sp³-hybridized carbons (Fsp3) is 0.529. The van der Waals surface area contributed by atoms with Crippen LogP contribution in [0.2, 0.25) is 0 Å². The van der Waals surface area contributed by atoms with Crippen LogP contribution in [0.25, 0.3) is 0 Å². The van der Waals surface area contributed by atoms with Crippen molar-refractivity contribution in [3.63, 3.8) is 0 Å². The number of rotatable bonds is 3. The Hall–Kier alpha value is -2.08. The molecule has 6 heteroatoms. The zero-order chi connectivity index (χ0) is 17.4. The van der Waals surface area contributed by atoms with Crippen molar-refractivity contribution in [2.75, 3.05) is 4.90 Å². The summed E-state index contributed by atoms with van der Waals surface area (Å²) in [6.07, 6.45) is -1.69. The molecule has 2 amide bonds. The van der Waals surface area contributed by atoms with Gasteiger partial charge in [-0.2, -0.15) is 0 Å². The van der Waals surface area contributed by atoms with Crippen LogP contribution in [0.5, 0.6) is 0 Å². The molecule has 0 radical (unpaired) electrons. The van der Waals surface area contributed by atoms with Crippen LogP contribution in [0.1, 0.15) is 33.3 Å². The van der Waals surface area contributed by atoms with E-state index in [1.165, 1.54) is 4.90 Å². The third-order valence-electron chi connectivity index (χ3n) is 3.68. The van der Waals surface area contributed by atoms with Crippen LogP contribution >= 0.6 is 0 Å². The van der Waals surface area contributed by atoms with Crippen LogP contribution in [-0.2, 0) is 9.53 Å². The highest BCUT2D eigenvalue weighted by Crippen LogP contribution is 2.30. The lowest BCUT2D eigenvalue weighted by Crippen LogP contribution is -2.71. The molecule has 3 atom stereocenters. The number of aliphatic hydroxyl groups excluding tert-OH is 1. The molecule has 0 aliphatic carbocycles. The van der Waals surface area contributed by atoms with E-state index in [1.807, 2.05) is 31.2 Å². The molecule has 1 heterocycles. The number of carbonyl (C=O) groups excluding carboxylic acids is 2. The van der Waals surface area contributed by atoms with Crippen molar-refractivity contribution in [2.45, 2.75) is 58.4 Å². The smallest absolute Gasteiger partial charge is 0.407 e. The average Bonchev–Trinajstić information content (AvgIpc) is 2.42. The molecule has 1 aromatic rings. The second-order valence-electron chi connectivity index (χ2n) is 6.91. The maximum atomic E-state index is 12.0. The Morgan fingerprint density at radius 2 is 1.87 bits per heavy atom. The molecule has 1 aliphatic rings. The minimum Gasteiger partial charge on any atom is -0.444 e. The van der Waals surface area contributed by atoms with Crippen molar-refractivity contribution in [2.24, 2.45) is 0 Å². The number of nitrogens with zero attached hydrogens (tertiary/aromatic N) is 1. The van der Waals surface area contributed by atoms with Crippen molar-refractivity contribution in [3.8, 4) is 0 Å². The average molecular weight is 320 g/mol. The van der Waals surface area contributed by atoms with Gasteiger partial charge in [0.1, 0.15) is 5.60 Å². The minimum atomic E-state index is -1.12. The molecule has 0 saturated carbocycles. The highest BCUT2D eigenvalue weighted by molar-refractivity contribution is 6.05. The molecule has 1 saturated heterocycles. The number of aliphatic hydroxyl groups is 1. The van der Waals surface area contributed by atoms with Crippen LogP contribution < -0.4 is 10.2 Å². The Morgan fingerprint density at radius 1 is 1.30 bits per heavy atom. The summed E-state index contributed by atoms with van der Waals surface area (Å²) in [5.41, 5.74) is 1.18. The topological polar surface area (TPSA) is 78.9 Å². The van der Waals surface area contributed by atoms with Crippen LogP contribution in [0.3, 0.4) is 0 Å². The first kappa shape index (κ1) is 17.3. The van der Waals surface area contributed by atoms with Gasteiger partial charge < -0.3 is 20.1 Å². The number of ether oxygens (including phenoxy) is 1. The number of hydrogen-bond acceptors (Lipinski definition) is 4. The largest absolute Gasteiger partial charge is 0.444 e. The van der Waals surface area contributed by atoms with E-state index < -0.39 is 29.9 Å². The molecule has 0 unspecified atom stereocenters. The molecule has 0 bridgehead atoms. The summed E-state index contributed by atoms with van der Waals surface area (Å²) < 4.78 is 5.21. The van der Waals surface area contributed by atoms with Gasteiger partial charge in [0.05, 0.1) is 12.1 Å². The van der Waals surface area contributed by atoms with Gasteiger partial charge in [-0.3, -0.25) is 4.79 Å². The highest BCUT2D eigenvalue weighted by atomic mass is 16.6. The third kappa shape index (κ3) is 3.82. The Kier molecular flexibility index (Phi) is 4.66. The van der Waals surface area contributed by atoms with Crippen molar-refractivity contribution in [1.29, 1.82) is 0 Å². The van der Waals surface area contributed by atoms with Gasteiger partial charge in [0.25, 0.3) is 5.91 Å². The van der Waals surface area contributed by atoms with Gasteiger partial charge in [0.2, 0.25) is 0 Å². The maximum absolute atomic E-state index is 12.0. The number of aryl methyl sites for hydroxylation is 1. The van der Waals surface area contributed by atoms with Gasteiger partial charge >= 0.3 is 6.09 Å². The Morgan fingerprint density at radius 3 is 2.39 bits per heavy atom. The summed E-state index contributed by atoms with van der Waals surface area (Å²) in [6, 6.07) is 6.49. The number of β-lactam (4-membered cyclic amide) rings is 1. The summed E-state index contributed by atoms with van der Waals surface area (Å²) in [5, 5.41) is 12.7. The van der Waals surface area contributed by atoms with E-state index in [1.54, 1.807) is 27.7 Å². The zero-order valence-corrected chi connectivity index (χ0v) is 14.2. The van der Waals surface area contributed by atoms with Gasteiger partial charge in [0, 0.05) is 5.69 Å². The van der Waals surface area contributed by atoms with Gasteiger partial charge in [0.15, 0.2) is 6.10 Å². The van der Waals surface area contributed by atoms with E-state index in [0.29, 0.717) is 5.69 Å². The lowest BCUT2D eigenvalue weighted by molar-refractivity contribution is -0.137. The molecular weight excluding hydrogens is 296 g/mol. The van der Waals surface area contributed by atoms with Crippen molar-refractivity contribution in [3.05, 3.63) is 29.8 Å². The Bertz CT molecular complexity index is 592. The van der Waals surface area contributed by atoms with E-state index in [9.17, 15) is 14.7 Å². The number of anilines is 1. The molecule has 1 fully saturated rings. The Balaban J connectivity index is 2.09. The number of benzene rings is 1. The van der Waals surface area contributed by atoms with Crippen LogP contribution in [0.4, 0.5) is 10.5 Å². The number of alkyl carbamates (subject to hydrolysis) is 1. The number of amides is 2. The van der Waals surface area contributed by atoms with Crippen molar-refractivity contribution in [1.82, 2.24) is 5.32 Å². The summed E-state index contributed by atoms with van der Waals surface area (Å²) in [4.78, 5) is 25.4. The first-order valence-corrected chi connectivity index (χ1v) is 7.67. The second kappa shape index (κ2) is 6.20. The summed E-state index contributed by atoms with van der Waals surface area (Å²) in [6.45, 7) is 9.03. The number of nitrogens with one attached hydrogen (secondary N) is 1. The quantitative estimate of drug-likeness (QED) is 0.835. The molecule has 0 aromatic heterocycles. The predicted molar refractivity (Wildman–Crippen MR) is 87.3 cm³/mol. The molecule has 6 nitrogen and oxygen atoms in total. The van der Waals surface area contributed by atoms with Gasteiger partial charge in [-0.25, -0.2) is 4.79 Å². The van der Waals surface area contributed by atoms with E-state index >= 15 is 0 Å². The minimum absolute atomic E-state index is 0.364. The molecule has 2 N–H and O–H groups in total. The summed E-state index contributed by atoms with van der Waals surface area (Å²) in [7, 11) is 0. The number of hydrogen-bond donors (Lipinski definition) is 2. The third-order valence-corrected chi connectivity index (χ3v) is 3.68. The molecule has 23 heavy (non-hydrogen) atoms. The fourth-order valence-electron chi connectivity index (χ4n) is 2.58. The maximum Gasteiger partial charge on any atom is 0.407 e. The lowest BCUT2D eigenvalue weighted by atomic mass is 9.91. The summed E-state index contributed by atoms with van der Waals surface area (Å²) >= 11 is 0. The summed E-state index contributed by atoms with van der Waals surface area (Å²) in [5.74, 6) is -0.364. The molecular formula is C17H24N2O4.